The van der Waals surface area contributed by atoms with Gasteiger partial charge in [0.05, 0.1) is 15.6 Å². The Morgan fingerprint density at radius 1 is 1.19 bits per heavy atom. The van der Waals surface area contributed by atoms with Crippen LogP contribution in [0.5, 0.6) is 5.75 Å². The Balaban J connectivity index is 1.65. The molecule has 0 fully saturated rings. The van der Waals surface area contributed by atoms with Crippen LogP contribution >= 0.6 is 22.9 Å². The van der Waals surface area contributed by atoms with Crippen LogP contribution in [0.25, 0.3) is 0 Å². The highest BCUT2D eigenvalue weighted by Crippen LogP contribution is 2.27. The number of hydrogen-bond donors (Lipinski definition) is 1. The molecule has 1 heterocycles. The second-order valence-electron chi connectivity index (χ2n) is 5.62. The molecule has 0 saturated carbocycles. The highest BCUT2D eigenvalue weighted by Gasteiger charge is 2.13. The van der Waals surface area contributed by atoms with Gasteiger partial charge in [-0.15, -0.1) is 11.3 Å². The first-order valence-corrected chi connectivity index (χ1v) is 8.91. The van der Waals surface area contributed by atoms with E-state index in [1.165, 1.54) is 17.4 Å². The van der Waals surface area contributed by atoms with Crippen molar-refractivity contribution in [2.24, 2.45) is 0 Å². The van der Waals surface area contributed by atoms with Crippen molar-refractivity contribution in [3.05, 3.63) is 80.5 Å². The molecule has 134 valence electrons. The second kappa shape index (κ2) is 7.85. The molecule has 0 aliphatic carbocycles. The van der Waals surface area contributed by atoms with Crippen molar-refractivity contribution >= 4 is 34.5 Å². The summed E-state index contributed by atoms with van der Waals surface area (Å²) in [6, 6.07) is 10.1. The molecule has 0 atom stereocenters. The maximum absolute atomic E-state index is 13.6. The molecule has 0 aliphatic heterocycles. The molecule has 1 N–H and O–H groups in total. The fraction of sp³-hybridized carbons (Fsp3) is 0.105. The predicted octanol–water partition coefficient (Wildman–Crippen LogP) is 5.82. The summed E-state index contributed by atoms with van der Waals surface area (Å²) < 4.78 is 32.2. The number of thiophene rings is 1. The first-order chi connectivity index (χ1) is 12.4. The number of anilines is 1. The van der Waals surface area contributed by atoms with E-state index >= 15 is 0 Å². The van der Waals surface area contributed by atoms with Crippen LogP contribution in [-0.4, -0.2) is 5.91 Å². The Labute approximate surface area is 158 Å². The Morgan fingerprint density at radius 3 is 2.77 bits per heavy atom. The van der Waals surface area contributed by atoms with Crippen LogP contribution in [0.15, 0.2) is 47.8 Å². The summed E-state index contributed by atoms with van der Waals surface area (Å²) in [6.07, 6.45) is 0. The fourth-order valence-corrected chi connectivity index (χ4v) is 3.19. The highest BCUT2D eigenvalue weighted by molar-refractivity contribution is 7.12. The monoisotopic (exact) mass is 393 g/mol. The molecule has 1 amide bonds. The minimum atomic E-state index is -0.826. The van der Waals surface area contributed by atoms with E-state index in [-0.39, 0.29) is 12.3 Å². The number of carbonyl (C=O) groups is 1. The average molecular weight is 394 g/mol. The van der Waals surface area contributed by atoms with Crippen LogP contribution in [0.1, 0.15) is 20.8 Å². The van der Waals surface area contributed by atoms with Gasteiger partial charge >= 0.3 is 0 Å². The molecule has 7 heteroatoms. The zero-order chi connectivity index (χ0) is 18.7. The molecule has 0 saturated heterocycles. The largest absolute Gasteiger partial charge is 0.487 e. The minimum absolute atomic E-state index is 0.0749. The maximum Gasteiger partial charge on any atom is 0.265 e. The van der Waals surface area contributed by atoms with Crippen molar-refractivity contribution in [1.29, 1.82) is 0 Å². The number of ether oxygens (including phenoxy) is 1. The molecule has 0 aliphatic rings. The Bertz CT molecular complexity index is 958. The van der Waals surface area contributed by atoms with Gasteiger partial charge in [0.25, 0.3) is 5.91 Å². The predicted molar refractivity (Wildman–Crippen MR) is 99.2 cm³/mol. The van der Waals surface area contributed by atoms with E-state index in [0.29, 0.717) is 15.6 Å². The molecule has 26 heavy (non-hydrogen) atoms. The number of halogens is 3. The van der Waals surface area contributed by atoms with E-state index in [9.17, 15) is 13.6 Å². The minimum Gasteiger partial charge on any atom is -0.487 e. The smallest absolute Gasteiger partial charge is 0.265 e. The van der Waals surface area contributed by atoms with Crippen molar-refractivity contribution in [2.45, 2.75) is 13.5 Å². The lowest BCUT2D eigenvalue weighted by molar-refractivity contribution is 0.103. The van der Waals surface area contributed by atoms with Gasteiger partial charge in [0.1, 0.15) is 24.0 Å². The van der Waals surface area contributed by atoms with Gasteiger partial charge in [-0.05, 0) is 48.2 Å². The third kappa shape index (κ3) is 4.39. The molecule has 0 bridgehead atoms. The molecular weight excluding hydrogens is 380 g/mol. The first kappa shape index (κ1) is 18.4. The number of nitrogens with one attached hydrogen (secondary N) is 1. The summed E-state index contributed by atoms with van der Waals surface area (Å²) in [5, 5.41) is 4.71. The van der Waals surface area contributed by atoms with Crippen LogP contribution in [0, 0.1) is 18.6 Å². The van der Waals surface area contributed by atoms with Crippen LogP contribution < -0.4 is 10.1 Å². The van der Waals surface area contributed by atoms with Crippen molar-refractivity contribution in [1.82, 2.24) is 0 Å². The molecule has 0 radical (unpaired) electrons. The summed E-state index contributed by atoms with van der Waals surface area (Å²) in [6.45, 7) is 2.18. The summed E-state index contributed by atoms with van der Waals surface area (Å²) in [5.41, 5.74) is 1.74. The molecule has 0 spiro atoms. The molecule has 0 unspecified atom stereocenters. The highest BCUT2D eigenvalue weighted by atomic mass is 35.5. The van der Waals surface area contributed by atoms with Crippen molar-refractivity contribution < 1.29 is 18.3 Å². The Hall–Kier alpha value is -2.44. The van der Waals surface area contributed by atoms with E-state index in [4.69, 9.17) is 16.3 Å². The Morgan fingerprint density at radius 2 is 2.00 bits per heavy atom. The molecule has 3 nitrogen and oxygen atoms in total. The van der Waals surface area contributed by atoms with Gasteiger partial charge in [-0.1, -0.05) is 17.7 Å². The zero-order valence-corrected chi connectivity index (χ0v) is 15.3. The number of benzene rings is 2. The summed E-state index contributed by atoms with van der Waals surface area (Å²) >= 11 is 7.29. The number of hydrogen-bond acceptors (Lipinski definition) is 3. The van der Waals surface area contributed by atoms with Crippen molar-refractivity contribution in [2.75, 3.05) is 5.32 Å². The van der Waals surface area contributed by atoms with Gasteiger partial charge in [-0.2, -0.15) is 0 Å². The lowest BCUT2D eigenvalue weighted by atomic mass is 10.2. The summed E-state index contributed by atoms with van der Waals surface area (Å²) in [7, 11) is 0. The van der Waals surface area contributed by atoms with Gasteiger partial charge in [0, 0.05) is 11.6 Å². The normalized spacial score (nSPS) is 10.6. The van der Waals surface area contributed by atoms with Gasteiger partial charge in [0.15, 0.2) is 0 Å². The van der Waals surface area contributed by atoms with Crippen molar-refractivity contribution in [3.8, 4) is 5.75 Å². The standard InChI is InChI=1S/C19H14ClF2NO2S/c1-11-2-4-14(20)17(6-11)25-9-12-7-18(26-10-12)19(24)23-16-5-3-13(21)8-15(16)22/h2-8,10H,9H2,1H3,(H,23,24). The number of carbonyl (C=O) groups excluding carboxylic acids is 1. The van der Waals surface area contributed by atoms with Crippen LogP contribution in [0.2, 0.25) is 5.02 Å². The molecule has 3 rings (SSSR count). The van der Waals surface area contributed by atoms with Gasteiger partial charge in [-0.25, -0.2) is 8.78 Å². The topological polar surface area (TPSA) is 38.3 Å². The fourth-order valence-electron chi connectivity index (χ4n) is 2.23. The molecule has 3 aromatic rings. The van der Waals surface area contributed by atoms with Crippen LogP contribution in [0.3, 0.4) is 0 Å². The summed E-state index contributed by atoms with van der Waals surface area (Å²) in [4.78, 5) is 12.6. The van der Waals surface area contributed by atoms with Gasteiger partial charge in [0.2, 0.25) is 0 Å². The zero-order valence-electron chi connectivity index (χ0n) is 13.7. The SMILES string of the molecule is Cc1ccc(Cl)c(OCc2csc(C(=O)Nc3ccc(F)cc3F)c2)c1. The number of amides is 1. The average Bonchev–Trinajstić information content (AvgIpc) is 3.07. The van der Waals surface area contributed by atoms with Gasteiger partial charge < -0.3 is 10.1 Å². The lowest BCUT2D eigenvalue weighted by Crippen LogP contribution is -2.11. The lowest BCUT2D eigenvalue weighted by Gasteiger charge is -2.07. The van der Waals surface area contributed by atoms with Crippen LogP contribution in [-0.2, 0) is 6.61 Å². The maximum atomic E-state index is 13.6. The van der Waals surface area contributed by atoms with E-state index < -0.39 is 17.5 Å². The van der Waals surface area contributed by atoms with Crippen LogP contribution in [0.4, 0.5) is 14.5 Å². The van der Waals surface area contributed by atoms with E-state index in [1.807, 2.05) is 19.1 Å². The number of aryl methyl sites for hydroxylation is 1. The third-order valence-electron chi connectivity index (χ3n) is 3.54. The van der Waals surface area contributed by atoms with Gasteiger partial charge in [-0.3, -0.25) is 4.79 Å². The third-order valence-corrected chi connectivity index (χ3v) is 4.83. The van der Waals surface area contributed by atoms with E-state index in [2.05, 4.69) is 5.32 Å². The molecule has 1 aromatic heterocycles. The Kier molecular flexibility index (Phi) is 5.54. The number of rotatable bonds is 5. The van der Waals surface area contributed by atoms with E-state index in [0.717, 1.165) is 23.3 Å². The first-order valence-electron chi connectivity index (χ1n) is 7.65. The molecular formula is C19H14ClF2NO2S. The van der Waals surface area contributed by atoms with Crippen molar-refractivity contribution in [3.63, 3.8) is 0 Å². The summed E-state index contributed by atoms with van der Waals surface area (Å²) in [5.74, 6) is -1.43. The second-order valence-corrected chi connectivity index (χ2v) is 6.94. The van der Waals surface area contributed by atoms with E-state index in [1.54, 1.807) is 17.5 Å². The molecule has 2 aromatic carbocycles. The quantitative estimate of drug-likeness (QED) is 0.593.